The summed E-state index contributed by atoms with van der Waals surface area (Å²) in [7, 11) is 0. The van der Waals surface area contributed by atoms with E-state index in [2.05, 4.69) is 39.6 Å². The van der Waals surface area contributed by atoms with Crippen LogP contribution in [-0.4, -0.2) is 70.4 Å². The fourth-order valence-corrected chi connectivity index (χ4v) is 3.71. The van der Waals surface area contributed by atoms with Crippen LogP contribution in [0.25, 0.3) is 0 Å². The fourth-order valence-electron chi connectivity index (χ4n) is 3.71. The summed E-state index contributed by atoms with van der Waals surface area (Å²) in [4.78, 5) is 23.8. The smallest absolute Gasteiger partial charge is 0.240 e. The van der Waals surface area contributed by atoms with Gasteiger partial charge in [-0.05, 0) is 38.3 Å². The Kier molecular flexibility index (Phi) is 5.28. The zero-order chi connectivity index (χ0) is 16.2. The molecule has 1 aromatic heterocycles. The number of piperidine rings is 1. The number of pyridine rings is 1. The van der Waals surface area contributed by atoms with E-state index in [1.54, 1.807) is 0 Å². The maximum absolute atomic E-state index is 12.7. The van der Waals surface area contributed by atoms with Crippen molar-refractivity contribution >= 4 is 5.91 Å². The van der Waals surface area contributed by atoms with Gasteiger partial charge in [0.2, 0.25) is 5.91 Å². The summed E-state index contributed by atoms with van der Waals surface area (Å²) >= 11 is 0. The van der Waals surface area contributed by atoms with Crippen molar-refractivity contribution in [3.05, 3.63) is 30.1 Å². The summed E-state index contributed by atoms with van der Waals surface area (Å²) < 4.78 is 0. The highest BCUT2D eigenvalue weighted by molar-refractivity contribution is 5.82. The minimum absolute atomic E-state index is 0.103. The van der Waals surface area contributed by atoms with Crippen LogP contribution in [0.15, 0.2) is 24.5 Å². The van der Waals surface area contributed by atoms with Crippen LogP contribution in [0.5, 0.6) is 0 Å². The summed E-state index contributed by atoms with van der Waals surface area (Å²) in [5, 5.41) is 0. The Morgan fingerprint density at radius 3 is 2.65 bits per heavy atom. The molecule has 1 amide bonds. The van der Waals surface area contributed by atoms with E-state index in [1.807, 2.05) is 18.5 Å². The number of nitrogens with zero attached hydrogens (tertiary/aromatic N) is 4. The second-order valence-corrected chi connectivity index (χ2v) is 6.96. The van der Waals surface area contributed by atoms with Gasteiger partial charge in [-0.25, -0.2) is 0 Å². The first-order valence-corrected chi connectivity index (χ1v) is 8.81. The van der Waals surface area contributed by atoms with Crippen molar-refractivity contribution < 1.29 is 4.79 Å². The summed E-state index contributed by atoms with van der Waals surface area (Å²) in [6.07, 6.45) is 5.91. The first kappa shape index (κ1) is 16.4. The topological polar surface area (TPSA) is 39.7 Å². The van der Waals surface area contributed by atoms with Crippen molar-refractivity contribution in [1.82, 2.24) is 19.7 Å². The molecule has 2 saturated heterocycles. The van der Waals surface area contributed by atoms with Crippen LogP contribution in [0.2, 0.25) is 0 Å². The zero-order valence-corrected chi connectivity index (χ0v) is 14.3. The molecule has 3 heterocycles. The first-order chi connectivity index (χ1) is 11.1. The molecule has 0 spiro atoms. The Bertz CT molecular complexity index is 511. The number of carbonyl (C=O) groups is 1. The predicted molar refractivity (Wildman–Crippen MR) is 91.0 cm³/mol. The number of hydrogen-bond donors (Lipinski definition) is 0. The van der Waals surface area contributed by atoms with E-state index in [4.69, 9.17) is 0 Å². The molecule has 3 rings (SSSR count). The largest absolute Gasteiger partial charge is 0.339 e. The molecular weight excluding hydrogens is 288 g/mol. The molecule has 23 heavy (non-hydrogen) atoms. The third kappa shape index (κ3) is 3.90. The Hall–Kier alpha value is -1.46. The lowest BCUT2D eigenvalue weighted by Crippen LogP contribution is -2.58. The minimum atomic E-state index is 0.103. The summed E-state index contributed by atoms with van der Waals surface area (Å²) in [5.74, 6) is 0.340. The van der Waals surface area contributed by atoms with E-state index in [0.29, 0.717) is 11.9 Å². The van der Waals surface area contributed by atoms with Crippen LogP contribution in [0.4, 0.5) is 0 Å². The molecule has 5 heteroatoms. The number of hydrogen-bond acceptors (Lipinski definition) is 4. The average Bonchev–Trinajstić information content (AvgIpc) is 2.57. The van der Waals surface area contributed by atoms with Crippen LogP contribution in [0.3, 0.4) is 0 Å². The molecule has 0 aliphatic carbocycles. The molecule has 5 nitrogen and oxygen atoms in total. The molecular formula is C18H28N4O. The first-order valence-electron chi connectivity index (χ1n) is 8.81. The highest BCUT2D eigenvalue weighted by Crippen LogP contribution is 2.21. The van der Waals surface area contributed by atoms with Gasteiger partial charge in [0, 0.05) is 57.7 Å². The number of amides is 1. The molecule has 2 fully saturated rings. The molecule has 1 aromatic rings. The van der Waals surface area contributed by atoms with Crippen molar-refractivity contribution in [2.45, 2.75) is 45.3 Å². The van der Waals surface area contributed by atoms with Crippen molar-refractivity contribution in [2.24, 2.45) is 0 Å². The molecule has 0 bridgehead atoms. The third-order valence-electron chi connectivity index (χ3n) is 5.04. The van der Waals surface area contributed by atoms with Crippen LogP contribution in [0, 0.1) is 0 Å². The highest BCUT2D eigenvalue weighted by Gasteiger charge is 2.35. The van der Waals surface area contributed by atoms with E-state index in [9.17, 15) is 4.79 Å². The quantitative estimate of drug-likeness (QED) is 0.846. The molecule has 0 radical (unpaired) electrons. The van der Waals surface area contributed by atoms with Gasteiger partial charge in [0.25, 0.3) is 0 Å². The van der Waals surface area contributed by atoms with Crippen molar-refractivity contribution in [3.63, 3.8) is 0 Å². The fraction of sp³-hybridized carbons (Fsp3) is 0.667. The summed E-state index contributed by atoms with van der Waals surface area (Å²) in [6, 6.07) is 4.54. The van der Waals surface area contributed by atoms with Crippen molar-refractivity contribution in [3.8, 4) is 0 Å². The Balaban J connectivity index is 1.53. The Labute approximate surface area is 139 Å². The van der Waals surface area contributed by atoms with Gasteiger partial charge < -0.3 is 4.90 Å². The monoisotopic (exact) mass is 316 g/mol. The number of likely N-dealkylation sites (tertiary alicyclic amines) is 1. The van der Waals surface area contributed by atoms with Gasteiger partial charge in [0.15, 0.2) is 0 Å². The second kappa shape index (κ2) is 7.41. The minimum Gasteiger partial charge on any atom is -0.339 e. The number of carbonyl (C=O) groups excluding carboxylic acids is 1. The number of piperazine rings is 1. The number of rotatable bonds is 4. The zero-order valence-electron chi connectivity index (χ0n) is 14.3. The van der Waals surface area contributed by atoms with Crippen LogP contribution in [0.1, 0.15) is 32.3 Å². The van der Waals surface area contributed by atoms with Crippen molar-refractivity contribution in [2.75, 3.05) is 32.7 Å². The molecule has 0 N–H and O–H groups in total. The lowest BCUT2D eigenvalue weighted by Gasteiger charge is -2.43. The predicted octanol–water partition coefficient (Wildman–Crippen LogP) is 1.60. The Morgan fingerprint density at radius 2 is 2.00 bits per heavy atom. The van der Waals surface area contributed by atoms with Gasteiger partial charge in [-0.15, -0.1) is 0 Å². The molecule has 1 atom stereocenters. The Morgan fingerprint density at radius 1 is 1.22 bits per heavy atom. The maximum Gasteiger partial charge on any atom is 0.240 e. The molecule has 2 aliphatic heterocycles. The van der Waals surface area contributed by atoms with E-state index in [-0.39, 0.29) is 6.04 Å². The summed E-state index contributed by atoms with van der Waals surface area (Å²) in [6.45, 7) is 10.1. The highest BCUT2D eigenvalue weighted by atomic mass is 16.2. The normalized spacial score (nSPS) is 24.4. The average molecular weight is 316 g/mol. The van der Waals surface area contributed by atoms with Gasteiger partial charge in [-0.2, -0.15) is 0 Å². The van der Waals surface area contributed by atoms with Gasteiger partial charge >= 0.3 is 0 Å². The molecule has 2 aliphatic rings. The van der Waals surface area contributed by atoms with Crippen LogP contribution < -0.4 is 0 Å². The summed E-state index contributed by atoms with van der Waals surface area (Å²) in [5.41, 5.74) is 1.26. The van der Waals surface area contributed by atoms with E-state index >= 15 is 0 Å². The van der Waals surface area contributed by atoms with E-state index in [0.717, 1.165) is 52.1 Å². The SMILES string of the molecule is CC(C)N1CCC[C@H](N2CCN(Cc3cccnc3)CC2)C1=O. The molecule has 0 saturated carbocycles. The van der Waals surface area contributed by atoms with E-state index < -0.39 is 0 Å². The van der Waals surface area contributed by atoms with Crippen LogP contribution >= 0.6 is 0 Å². The molecule has 0 unspecified atom stereocenters. The lowest BCUT2D eigenvalue weighted by atomic mass is 10.0. The van der Waals surface area contributed by atoms with Crippen LogP contribution in [-0.2, 0) is 11.3 Å². The molecule has 0 aromatic carbocycles. The third-order valence-corrected chi connectivity index (χ3v) is 5.04. The van der Waals surface area contributed by atoms with Crippen molar-refractivity contribution in [1.29, 1.82) is 0 Å². The maximum atomic E-state index is 12.7. The van der Waals surface area contributed by atoms with Gasteiger partial charge in [-0.1, -0.05) is 6.07 Å². The molecule has 126 valence electrons. The van der Waals surface area contributed by atoms with Gasteiger partial charge in [0.1, 0.15) is 0 Å². The van der Waals surface area contributed by atoms with Gasteiger partial charge in [-0.3, -0.25) is 19.6 Å². The lowest BCUT2D eigenvalue weighted by molar-refractivity contribution is -0.143. The second-order valence-electron chi connectivity index (χ2n) is 6.96. The number of aromatic nitrogens is 1. The van der Waals surface area contributed by atoms with E-state index in [1.165, 1.54) is 5.56 Å². The standard InChI is InChI=1S/C18H28N4O/c1-15(2)22-8-4-6-17(18(22)23)21-11-9-20(10-12-21)14-16-5-3-7-19-13-16/h3,5,7,13,15,17H,4,6,8-12,14H2,1-2H3/t17-/m0/s1. The van der Waals surface area contributed by atoms with Gasteiger partial charge in [0.05, 0.1) is 6.04 Å².